The van der Waals surface area contributed by atoms with Gasteiger partial charge in [-0.3, -0.25) is 4.90 Å². The minimum atomic E-state index is 0.721. The molecule has 4 heterocycles. The van der Waals surface area contributed by atoms with Gasteiger partial charge in [0.1, 0.15) is 28.1 Å². The highest BCUT2D eigenvalue weighted by Gasteiger charge is 2.18. The summed E-state index contributed by atoms with van der Waals surface area (Å²) < 4.78 is 7.51. The summed E-state index contributed by atoms with van der Waals surface area (Å²) >= 11 is 1.67. The van der Waals surface area contributed by atoms with E-state index in [2.05, 4.69) is 50.1 Å². The first-order valence-corrected chi connectivity index (χ1v) is 11.8. The first-order chi connectivity index (χ1) is 15.7. The number of ether oxygens (including phenoxy) is 1. The largest absolute Gasteiger partial charge is 0.379 e. The lowest BCUT2D eigenvalue weighted by Crippen LogP contribution is -2.36. The van der Waals surface area contributed by atoms with Crippen molar-refractivity contribution in [3.63, 3.8) is 0 Å². The Hall–Kier alpha value is -2.88. The van der Waals surface area contributed by atoms with Crippen LogP contribution in [0.5, 0.6) is 0 Å². The summed E-state index contributed by atoms with van der Waals surface area (Å²) in [6.45, 7) is 6.77. The van der Waals surface area contributed by atoms with Crippen molar-refractivity contribution in [3.8, 4) is 11.1 Å². The summed E-state index contributed by atoms with van der Waals surface area (Å²) in [4.78, 5) is 13.3. The van der Waals surface area contributed by atoms with Crippen LogP contribution < -0.4 is 5.32 Å². The predicted octanol–water partition coefficient (Wildman–Crippen LogP) is 3.28. The van der Waals surface area contributed by atoms with Gasteiger partial charge in [0.05, 0.1) is 25.1 Å². The highest BCUT2D eigenvalue weighted by molar-refractivity contribution is 7.17. The fraction of sp³-hybridized carbons (Fsp3) is 0.391. The standard InChI is InChI=1S/C23H27N7OS/c1-16-27-28-20(29(16)2)8-9-24-22-21-18(17-6-4-3-5-7-17)15-32-23(21)26-19(25-22)14-30-10-12-31-13-11-30/h3-7,15H,8-14H2,1-2H3,(H,24,25,26). The number of morpholine rings is 1. The molecule has 1 N–H and O–H groups in total. The molecule has 0 spiro atoms. The van der Waals surface area contributed by atoms with Gasteiger partial charge in [-0.15, -0.1) is 21.5 Å². The topological polar surface area (TPSA) is 81.0 Å². The van der Waals surface area contributed by atoms with Crippen molar-refractivity contribution in [2.24, 2.45) is 7.05 Å². The number of anilines is 1. The predicted molar refractivity (Wildman–Crippen MR) is 127 cm³/mol. The molecule has 5 rings (SSSR count). The van der Waals surface area contributed by atoms with E-state index in [4.69, 9.17) is 14.7 Å². The van der Waals surface area contributed by atoms with Crippen LogP contribution in [0.3, 0.4) is 0 Å². The molecule has 32 heavy (non-hydrogen) atoms. The molecule has 1 aliphatic rings. The second kappa shape index (κ2) is 9.32. The van der Waals surface area contributed by atoms with E-state index in [0.29, 0.717) is 0 Å². The molecule has 8 nitrogen and oxygen atoms in total. The summed E-state index contributed by atoms with van der Waals surface area (Å²) in [5.41, 5.74) is 2.34. The van der Waals surface area contributed by atoms with Gasteiger partial charge in [0.25, 0.3) is 0 Å². The molecule has 4 aromatic rings. The monoisotopic (exact) mass is 449 g/mol. The molecule has 0 amide bonds. The normalized spacial score (nSPS) is 14.8. The third-order valence-corrected chi connectivity index (χ3v) is 6.73. The maximum Gasteiger partial charge on any atom is 0.146 e. The fourth-order valence-corrected chi connectivity index (χ4v) is 4.90. The first-order valence-electron chi connectivity index (χ1n) is 10.9. The number of hydrogen-bond donors (Lipinski definition) is 1. The molecule has 1 fully saturated rings. The van der Waals surface area contributed by atoms with E-state index in [1.54, 1.807) is 11.3 Å². The van der Waals surface area contributed by atoms with E-state index in [1.165, 1.54) is 11.1 Å². The van der Waals surface area contributed by atoms with E-state index in [0.717, 1.165) is 79.3 Å². The number of nitrogens with one attached hydrogen (secondary N) is 1. The smallest absolute Gasteiger partial charge is 0.146 e. The van der Waals surface area contributed by atoms with Crippen LogP contribution in [-0.4, -0.2) is 62.5 Å². The van der Waals surface area contributed by atoms with Gasteiger partial charge < -0.3 is 14.6 Å². The summed E-state index contributed by atoms with van der Waals surface area (Å²) in [7, 11) is 2.00. The summed E-state index contributed by atoms with van der Waals surface area (Å²) in [6.07, 6.45) is 0.770. The minimum Gasteiger partial charge on any atom is -0.379 e. The fourth-order valence-electron chi connectivity index (χ4n) is 3.94. The Bertz CT molecular complexity index is 1200. The van der Waals surface area contributed by atoms with E-state index in [-0.39, 0.29) is 0 Å². The molecular weight excluding hydrogens is 422 g/mol. The van der Waals surface area contributed by atoms with Crippen molar-refractivity contribution in [3.05, 3.63) is 53.2 Å². The Kier molecular flexibility index (Phi) is 6.11. The third-order valence-electron chi connectivity index (χ3n) is 5.86. The van der Waals surface area contributed by atoms with Crippen LogP contribution in [-0.2, 0) is 24.8 Å². The number of hydrogen-bond acceptors (Lipinski definition) is 8. The summed E-state index contributed by atoms with van der Waals surface area (Å²) in [5, 5.41) is 15.3. The van der Waals surface area contributed by atoms with E-state index >= 15 is 0 Å². The summed E-state index contributed by atoms with van der Waals surface area (Å²) in [6, 6.07) is 10.4. The van der Waals surface area contributed by atoms with Crippen LogP contribution in [0.1, 0.15) is 17.5 Å². The molecule has 9 heteroatoms. The molecule has 3 aromatic heterocycles. The molecule has 0 saturated carbocycles. The van der Waals surface area contributed by atoms with Gasteiger partial charge in [0, 0.05) is 44.0 Å². The Morgan fingerprint density at radius 3 is 2.66 bits per heavy atom. The zero-order chi connectivity index (χ0) is 21.9. The van der Waals surface area contributed by atoms with E-state index in [9.17, 15) is 0 Å². The molecular formula is C23H27N7OS. The van der Waals surface area contributed by atoms with Crippen molar-refractivity contribution in [1.29, 1.82) is 0 Å². The molecule has 166 valence electrons. The maximum absolute atomic E-state index is 5.48. The quantitative estimate of drug-likeness (QED) is 0.464. The number of fused-ring (bicyclic) bond motifs is 1. The second-order valence-corrected chi connectivity index (χ2v) is 8.83. The number of nitrogens with zero attached hydrogens (tertiary/aromatic N) is 6. The molecule has 0 unspecified atom stereocenters. The molecule has 1 aromatic carbocycles. The molecule has 1 saturated heterocycles. The number of thiophene rings is 1. The number of aryl methyl sites for hydroxylation is 1. The molecule has 0 radical (unpaired) electrons. The van der Waals surface area contributed by atoms with Crippen molar-refractivity contribution < 1.29 is 4.74 Å². The van der Waals surface area contributed by atoms with Gasteiger partial charge in [-0.2, -0.15) is 0 Å². The maximum atomic E-state index is 5.48. The molecule has 0 aliphatic carbocycles. The molecule has 0 bridgehead atoms. The highest BCUT2D eigenvalue weighted by atomic mass is 32.1. The second-order valence-electron chi connectivity index (χ2n) is 7.97. The van der Waals surface area contributed by atoms with Crippen molar-refractivity contribution in [2.75, 3.05) is 38.2 Å². The van der Waals surface area contributed by atoms with Crippen molar-refractivity contribution >= 4 is 27.4 Å². The lowest BCUT2D eigenvalue weighted by molar-refractivity contribution is 0.0331. The number of aromatic nitrogens is 5. The van der Waals surface area contributed by atoms with E-state index < -0.39 is 0 Å². The van der Waals surface area contributed by atoms with Crippen LogP contribution in [0.25, 0.3) is 21.3 Å². The Morgan fingerprint density at radius 1 is 1.09 bits per heavy atom. The van der Waals surface area contributed by atoms with Crippen LogP contribution in [0.4, 0.5) is 5.82 Å². The highest BCUT2D eigenvalue weighted by Crippen LogP contribution is 2.37. The van der Waals surface area contributed by atoms with Crippen molar-refractivity contribution in [1.82, 2.24) is 29.6 Å². The van der Waals surface area contributed by atoms with Gasteiger partial charge in [-0.05, 0) is 12.5 Å². The van der Waals surface area contributed by atoms with Crippen LogP contribution in [0.2, 0.25) is 0 Å². The third kappa shape index (κ3) is 4.36. The minimum absolute atomic E-state index is 0.721. The average Bonchev–Trinajstić information content (AvgIpc) is 3.39. The lowest BCUT2D eigenvalue weighted by atomic mass is 10.1. The van der Waals surface area contributed by atoms with Gasteiger partial charge in [0.15, 0.2) is 0 Å². The van der Waals surface area contributed by atoms with E-state index in [1.807, 2.05) is 24.6 Å². The molecule has 0 atom stereocenters. The lowest BCUT2D eigenvalue weighted by Gasteiger charge is -2.25. The Morgan fingerprint density at radius 2 is 1.91 bits per heavy atom. The summed E-state index contributed by atoms with van der Waals surface area (Å²) in [5.74, 6) is 3.61. The van der Waals surface area contributed by atoms with Crippen LogP contribution in [0.15, 0.2) is 35.7 Å². The zero-order valence-corrected chi connectivity index (χ0v) is 19.2. The van der Waals surface area contributed by atoms with Crippen molar-refractivity contribution in [2.45, 2.75) is 19.9 Å². The first kappa shape index (κ1) is 21.0. The number of benzene rings is 1. The average molecular weight is 450 g/mol. The zero-order valence-electron chi connectivity index (χ0n) is 18.4. The Labute approximate surface area is 191 Å². The van der Waals surface area contributed by atoms with Gasteiger partial charge in [0.2, 0.25) is 0 Å². The van der Waals surface area contributed by atoms with Crippen LogP contribution >= 0.6 is 11.3 Å². The van der Waals surface area contributed by atoms with Gasteiger partial charge in [-0.1, -0.05) is 30.3 Å². The SMILES string of the molecule is Cc1nnc(CCNc2nc(CN3CCOCC3)nc3scc(-c4ccccc4)c23)n1C. The van der Waals surface area contributed by atoms with Gasteiger partial charge >= 0.3 is 0 Å². The van der Waals surface area contributed by atoms with Gasteiger partial charge in [-0.25, -0.2) is 9.97 Å². The number of rotatable bonds is 7. The molecule has 1 aliphatic heterocycles. The van der Waals surface area contributed by atoms with Crippen LogP contribution in [0, 0.1) is 6.92 Å². The Balaban J connectivity index is 1.46.